The average molecular weight is 748 g/mol. The van der Waals surface area contributed by atoms with Crippen LogP contribution in [-0.4, -0.2) is 11.4 Å². The summed E-state index contributed by atoms with van der Waals surface area (Å²) in [6.07, 6.45) is 33.4. The van der Waals surface area contributed by atoms with Gasteiger partial charge < -0.3 is 0 Å². The van der Waals surface area contributed by atoms with E-state index in [4.69, 9.17) is 9.98 Å². The van der Waals surface area contributed by atoms with Crippen molar-refractivity contribution >= 4 is 22.8 Å². The molecule has 0 aliphatic heterocycles. The average Bonchev–Trinajstić information content (AvgIpc) is 3.07. The quantitative estimate of drug-likeness (QED) is 0.0494. The molecule has 3 heteroatoms. The molecule has 0 fully saturated rings. The summed E-state index contributed by atoms with van der Waals surface area (Å²) in [5, 5.41) is 0. The molecule has 0 aliphatic rings. The third-order valence-electron chi connectivity index (χ3n) is 9.28. The van der Waals surface area contributed by atoms with E-state index in [1.807, 2.05) is 0 Å². The molecule has 0 heterocycles. The molecule has 0 aromatic heterocycles. The second kappa shape index (κ2) is 29.0. The van der Waals surface area contributed by atoms with E-state index in [1.54, 1.807) is 0 Å². The van der Waals surface area contributed by atoms with E-state index in [0.29, 0.717) is 0 Å². The first-order chi connectivity index (χ1) is 23.1. The van der Waals surface area contributed by atoms with Gasteiger partial charge in [-0.25, -0.2) is 4.99 Å². The summed E-state index contributed by atoms with van der Waals surface area (Å²) in [6.45, 7) is 13.7. The molecule has 0 aliphatic carbocycles. The van der Waals surface area contributed by atoms with E-state index in [9.17, 15) is 0 Å². The molecule has 2 rings (SSSR count). The fourth-order valence-corrected chi connectivity index (χ4v) is 6.59. The van der Waals surface area contributed by atoms with E-state index < -0.39 is 0 Å². The maximum Gasteiger partial charge on any atom is 0.0848 e. The molecule has 0 N–H and O–H groups in total. The SMILES string of the molecule is CCCCCCCCCCCCCC=CC(=Nc1ccc(CCC)c(CCC)c1)C(CCCC)=Nc1ccc(CCC)c(CCC)c1.[Pd]. The van der Waals surface area contributed by atoms with Gasteiger partial charge in [0.1, 0.15) is 0 Å². The number of hydrogen-bond acceptors (Lipinski definition) is 2. The standard InChI is InChI=1S/C45H72N2.Pd/c1-7-13-15-16-17-18-19-20-21-22-23-24-25-31-45(47-43-35-33-39(27-10-4)41(37-43)29-12-6)44(30-14-8-2)46-42-34-32-38(26-9-3)40(36-42)28-11-5;/h25,31-37H,7-24,26-30H2,1-6H3;. The number of hydrogen-bond donors (Lipinski definition) is 0. The monoisotopic (exact) mass is 746 g/mol. The third-order valence-corrected chi connectivity index (χ3v) is 9.28. The summed E-state index contributed by atoms with van der Waals surface area (Å²) in [6, 6.07) is 13.8. The first-order valence-corrected chi connectivity index (χ1v) is 20.2. The first kappa shape index (κ1) is 44.2. The summed E-state index contributed by atoms with van der Waals surface area (Å²) in [5.41, 5.74) is 10.2. The summed E-state index contributed by atoms with van der Waals surface area (Å²) in [7, 11) is 0. The Morgan fingerprint density at radius 3 is 1.40 bits per heavy atom. The Labute approximate surface area is 311 Å². The minimum Gasteiger partial charge on any atom is -0.251 e. The summed E-state index contributed by atoms with van der Waals surface area (Å²) >= 11 is 0. The van der Waals surface area contributed by atoms with E-state index in [2.05, 4.69) is 90.1 Å². The molecule has 0 saturated heterocycles. The zero-order chi connectivity index (χ0) is 34.0. The Morgan fingerprint density at radius 1 is 0.479 bits per heavy atom. The Morgan fingerprint density at radius 2 is 0.917 bits per heavy atom. The van der Waals surface area contributed by atoms with E-state index in [1.165, 1.54) is 106 Å². The van der Waals surface area contributed by atoms with E-state index in [0.717, 1.165) is 87.0 Å². The van der Waals surface area contributed by atoms with Crippen molar-refractivity contribution in [2.24, 2.45) is 9.98 Å². The van der Waals surface area contributed by atoms with Gasteiger partial charge >= 0.3 is 0 Å². The predicted octanol–water partition coefficient (Wildman–Crippen LogP) is 14.8. The van der Waals surface area contributed by atoms with Crippen LogP contribution in [0.2, 0.25) is 0 Å². The number of aryl methyl sites for hydroxylation is 4. The first-order valence-electron chi connectivity index (χ1n) is 20.2. The van der Waals surface area contributed by atoms with Crippen LogP contribution in [0.25, 0.3) is 0 Å². The van der Waals surface area contributed by atoms with Gasteiger partial charge in [-0.05, 0) is 104 Å². The number of allylic oxidation sites excluding steroid dienone is 2. The van der Waals surface area contributed by atoms with Crippen LogP contribution in [0.1, 0.15) is 186 Å². The van der Waals surface area contributed by atoms with Gasteiger partial charge in [0.15, 0.2) is 0 Å². The molecule has 272 valence electrons. The van der Waals surface area contributed by atoms with Gasteiger partial charge in [-0.1, -0.05) is 156 Å². The number of benzene rings is 2. The smallest absolute Gasteiger partial charge is 0.0848 e. The normalized spacial score (nSPS) is 12.2. The van der Waals surface area contributed by atoms with Gasteiger partial charge in [-0.15, -0.1) is 0 Å². The largest absolute Gasteiger partial charge is 0.251 e. The van der Waals surface area contributed by atoms with Crippen molar-refractivity contribution in [2.45, 2.75) is 189 Å². The van der Waals surface area contributed by atoms with Crippen molar-refractivity contribution in [3.8, 4) is 0 Å². The Balaban J connectivity index is 0.0000115. The molecule has 0 saturated carbocycles. The second-order valence-corrected chi connectivity index (χ2v) is 13.8. The Hall–Kier alpha value is -1.82. The molecule has 0 unspecified atom stereocenters. The van der Waals surface area contributed by atoms with Crippen LogP contribution in [0.5, 0.6) is 0 Å². The number of nitrogens with zero attached hydrogens (tertiary/aromatic N) is 2. The van der Waals surface area contributed by atoms with Gasteiger partial charge in [0.25, 0.3) is 0 Å². The van der Waals surface area contributed by atoms with Crippen LogP contribution in [-0.2, 0) is 46.1 Å². The van der Waals surface area contributed by atoms with Crippen LogP contribution >= 0.6 is 0 Å². The van der Waals surface area contributed by atoms with Crippen molar-refractivity contribution in [2.75, 3.05) is 0 Å². The zero-order valence-electron chi connectivity index (χ0n) is 32.1. The number of rotatable bonds is 27. The molecular formula is C45H72N2Pd. The van der Waals surface area contributed by atoms with Crippen LogP contribution in [0.3, 0.4) is 0 Å². The maximum atomic E-state index is 5.36. The molecule has 0 radical (unpaired) electrons. The van der Waals surface area contributed by atoms with E-state index >= 15 is 0 Å². The Bertz CT molecular complexity index is 1190. The second-order valence-electron chi connectivity index (χ2n) is 13.8. The third kappa shape index (κ3) is 18.3. The van der Waals surface area contributed by atoms with Crippen molar-refractivity contribution in [1.82, 2.24) is 0 Å². The molecule has 48 heavy (non-hydrogen) atoms. The van der Waals surface area contributed by atoms with Gasteiger partial charge in [-0.3, -0.25) is 4.99 Å². The molecule has 0 amide bonds. The Kier molecular flexibility index (Phi) is 26.7. The van der Waals surface area contributed by atoms with Crippen LogP contribution < -0.4 is 0 Å². The van der Waals surface area contributed by atoms with Crippen molar-refractivity contribution < 1.29 is 20.4 Å². The molecule has 2 aromatic carbocycles. The minimum absolute atomic E-state index is 0. The molecular weight excluding hydrogens is 675 g/mol. The summed E-state index contributed by atoms with van der Waals surface area (Å²) < 4.78 is 0. The van der Waals surface area contributed by atoms with Crippen molar-refractivity contribution in [3.63, 3.8) is 0 Å². The van der Waals surface area contributed by atoms with Crippen LogP contribution in [0.15, 0.2) is 58.5 Å². The van der Waals surface area contributed by atoms with Gasteiger partial charge in [0.05, 0.1) is 22.8 Å². The summed E-state index contributed by atoms with van der Waals surface area (Å²) in [4.78, 5) is 10.7. The molecule has 0 bridgehead atoms. The molecule has 0 atom stereocenters. The number of unbranched alkanes of at least 4 members (excludes halogenated alkanes) is 12. The maximum absolute atomic E-state index is 5.36. The topological polar surface area (TPSA) is 24.7 Å². The van der Waals surface area contributed by atoms with Crippen LogP contribution in [0.4, 0.5) is 11.4 Å². The summed E-state index contributed by atoms with van der Waals surface area (Å²) in [5.74, 6) is 0. The van der Waals surface area contributed by atoms with Crippen LogP contribution in [0, 0.1) is 0 Å². The fourth-order valence-electron chi connectivity index (χ4n) is 6.59. The zero-order valence-corrected chi connectivity index (χ0v) is 33.6. The van der Waals surface area contributed by atoms with E-state index in [-0.39, 0.29) is 20.4 Å². The molecule has 2 nitrogen and oxygen atoms in total. The number of aliphatic imine (C=N–C) groups is 2. The molecule has 0 spiro atoms. The van der Waals surface area contributed by atoms with Gasteiger partial charge in [-0.2, -0.15) is 0 Å². The fraction of sp³-hybridized carbons (Fsp3) is 0.644. The predicted molar refractivity (Wildman–Crippen MR) is 213 cm³/mol. The van der Waals surface area contributed by atoms with Crippen molar-refractivity contribution in [1.29, 1.82) is 0 Å². The van der Waals surface area contributed by atoms with Crippen molar-refractivity contribution in [3.05, 3.63) is 70.8 Å². The minimum atomic E-state index is 0. The van der Waals surface area contributed by atoms with Gasteiger partial charge in [0, 0.05) is 20.4 Å². The van der Waals surface area contributed by atoms with Gasteiger partial charge in [0.2, 0.25) is 0 Å². The molecule has 2 aromatic rings.